The van der Waals surface area contributed by atoms with E-state index in [9.17, 15) is 4.79 Å². The first-order valence-corrected chi connectivity index (χ1v) is 9.15. The molecule has 24 heavy (non-hydrogen) atoms. The summed E-state index contributed by atoms with van der Waals surface area (Å²) in [6, 6.07) is 2.85. The number of carbonyl (C=O) groups excluding carboxylic acids is 1. The topological polar surface area (TPSA) is 50.6 Å². The molecule has 1 saturated heterocycles. The highest BCUT2D eigenvalue weighted by atomic mass is 16.5. The molecule has 1 aliphatic rings. The lowest BCUT2D eigenvalue weighted by molar-refractivity contribution is 0.0360. The molecule has 1 fully saturated rings. The smallest absolute Gasteiger partial charge is 0.272 e. The molecule has 1 atom stereocenters. The standard InChI is InChI=1S/C18H32N4O2/c1-6-16-13-20(8-9-21(16)14(3)4)18(23)17-12-15(5)19-22(17)10-11-24-7-2/h12,14,16H,6-11,13H2,1-5H3/t16-/m1/s1. The molecule has 2 rings (SSSR count). The summed E-state index contributed by atoms with van der Waals surface area (Å²) in [5, 5.41) is 4.46. The molecule has 1 aromatic rings. The van der Waals surface area contributed by atoms with E-state index in [4.69, 9.17) is 4.74 Å². The van der Waals surface area contributed by atoms with E-state index in [0.717, 1.165) is 31.7 Å². The van der Waals surface area contributed by atoms with Gasteiger partial charge in [-0.15, -0.1) is 0 Å². The number of hydrogen-bond acceptors (Lipinski definition) is 4. The van der Waals surface area contributed by atoms with Gasteiger partial charge in [0.15, 0.2) is 0 Å². The highest BCUT2D eigenvalue weighted by molar-refractivity contribution is 5.92. The molecule has 0 unspecified atom stereocenters. The summed E-state index contributed by atoms with van der Waals surface area (Å²) < 4.78 is 7.20. The summed E-state index contributed by atoms with van der Waals surface area (Å²) >= 11 is 0. The molecule has 1 amide bonds. The van der Waals surface area contributed by atoms with Gasteiger partial charge in [-0.2, -0.15) is 5.10 Å². The molecule has 1 aromatic heterocycles. The Labute approximate surface area is 145 Å². The van der Waals surface area contributed by atoms with Crippen molar-refractivity contribution in [2.24, 2.45) is 0 Å². The first-order chi connectivity index (χ1) is 11.5. The van der Waals surface area contributed by atoms with Crippen molar-refractivity contribution in [2.75, 3.05) is 32.8 Å². The highest BCUT2D eigenvalue weighted by Gasteiger charge is 2.31. The lowest BCUT2D eigenvalue weighted by Crippen LogP contribution is -2.56. The monoisotopic (exact) mass is 336 g/mol. The van der Waals surface area contributed by atoms with Gasteiger partial charge in [0, 0.05) is 38.3 Å². The van der Waals surface area contributed by atoms with Crippen LogP contribution in [0.4, 0.5) is 0 Å². The lowest BCUT2D eigenvalue weighted by Gasteiger charge is -2.43. The Morgan fingerprint density at radius 1 is 1.38 bits per heavy atom. The zero-order valence-corrected chi connectivity index (χ0v) is 15.8. The van der Waals surface area contributed by atoms with Crippen LogP contribution in [0.15, 0.2) is 6.07 Å². The average Bonchev–Trinajstić information content (AvgIpc) is 2.94. The Bertz CT molecular complexity index is 541. The number of ether oxygens (including phenoxy) is 1. The van der Waals surface area contributed by atoms with Crippen LogP contribution in [-0.4, -0.2) is 70.4 Å². The van der Waals surface area contributed by atoms with Crippen LogP contribution in [-0.2, 0) is 11.3 Å². The van der Waals surface area contributed by atoms with Crippen molar-refractivity contribution in [3.8, 4) is 0 Å². The summed E-state index contributed by atoms with van der Waals surface area (Å²) in [7, 11) is 0. The van der Waals surface area contributed by atoms with E-state index in [1.807, 2.05) is 24.8 Å². The fourth-order valence-corrected chi connectivity index (χ4v) is 3.44. The van der Waals surface area contributed by atoms with Crippen molar-refractivity contribution in [3.63, 3.8) is 0 Å². The maximum absolute atomic E-state index is 13.0. The third-order valence-electron chi connectivity index (χ3n) is 4.72. The third kappa shape index (κ3) is 4.36. The van der Waals surface area contributed by atoms with Crippen molar-refractivity contribution in [3.05, 3.63) is 17.5 Å². The summed E-state index contributed by atoms with van der Waals surface area (Å²) in [6.07, 6.45) is 1.06. The van der Waals surface area contributed by atoms with Gasteiger partial charge in [0.1, 0.15) is 5.69 Å². The van der Waals surface area contributed by atoms with Crippen LogP contribution < -0.4 is 0 Å². The molecular weight excluding hydrogens is 304 g/mol. The molecule has 0 spiro atoms. The number of nitrogens with zero attached hydrogens (tertiary/aromatic N) is 4. The minimum atomic E-state index is 0.0916. The molecule has 136 valence electrons. The van der Waals surface area contributed by atoms with Crippen molar-refractivity contribution < 1.29 is 9.53 Å². The predicted molar refractivity (Wildman–Crippen MR) is 95.3 cm³/mol. The van der Waals surface area contributed by atoms with E-state index in [1.165, 1.54) is 0 Å². The number of aryl methyl sites for hydroxylation is 1. The Balaban J connectivity index is 2.09. The Kier molecular flexibility index (Phi) is 6.80. The van der Waals surface area contributed by atoms with E-state index in [0.29, 0.717) is 37.5 Å². The fourth-order valence-electron chi connectivity index (χ4n) is 3.44. The lowest BCUT2D eigenvalue weighted by atomic mass is 10.1. The molecule has 0 N–H and O–H groups in total. The summed E-state index contributed by atoms with van der Waals surface area (Å²) in [6.45, 7) is 14.9. The predicted octanol–water partition coefficient (Wildman–Crippen LogP) is 2.17. The van der Waals surface area contributed by atoms with Gasteiger partial charge in [-0.3, -0.25) is 14.4 Å². The molecule has 0 bridgehead atoms. The maximum Gasteiger partial charge on any atom is 0.272 e. The van der Waals surface area contributed by atoms with Crippen LogP contribution in [0.5, 0.6) is 0 Å². The van der Waals surface area contributed by atoms with Gasteiger partial charge in [0.2, 0.25) is 0 Å². The van der Waals surface area contributed by atoms with Gasteiger partial charge in [-0.05, 0) is 40.2 Å². The van der Waals surface area contributed by atoms with Crippen molar-refractivity contribution >= 4 is 5.91 Å². The van der Waals surface area contributed by atoms with Gasteiger partial charge >= 0.3 is 0 Å². The van der Waals surface area contributed by atoms with Crippen LogP contribution in [0, 0.1) is 6.92 Å². The first-order valence-electron chi connectivity index (χ1n) is 9.15. The second-order valence-corrected chi connectivity index (χ2v) is 6.74. The Morgan fingerprint density at radius 2 is 2.12 bits per heavy atom. The van der Waals surface area contributed by atoms with Gasteiger partial charge < -0.3 is 9.64 Å². The number of amides is 1. The fraction of sp³-hybridized carbons (Fsp3) is 0.778. The second-order valence-electron chi connectivity index (χ2n) is 6.74. The van der Waals surface area contributed by atoms with Crippen LogP contribution in [0.3, 0.4) is 0 Å². The van der Waals surface area contributed by atoms with E-state index in [-0.39, 0.29) is 5.91 Å². The normalized spacial score (nSPS) is 19.2. The molecule has 0 radical (unpaired) electrons. The molecule has 0 aromatic carbocycles. The number of piperazine rings is 1. The van der Waals surface area contributed by atoms with Crippen LogP contribution in [0.25, 0.3) is 0 Å². The number of aromatic nitrogens is 2. The van der Waals surface area contributed by atoms with Gasteiger partial charge in [-0.25, -0.2) is 0 Å². The van der Waals surface area contributed by atoms with E-state index in [1.54, 1.807) is 4.68 Å². The van der Waals surface area contributed by atoms with Gasteiger partial charge in [0.05, 0.1) is 18.8 Å². The molecule has 1 aliphatic heterocycles. The highest BCUT2D eigenvalue weighted by Crippen LogP contribution is 2.18. The van der Waals surface area contributed by atoms with Crippen molar-refractivity contribution in [2.45, 2.75) is 59.7 Å². The van der Waals surface area contributed by atoms with E-state index < -0.39 is 0 Å². The van der Waals surface area contributed by atoms with Gasteiger partial charge in [-0.1, -0.05) is 6.92 Å². The largest absolute Gasteiger partial charge is 0.380 e. The molecule has 6 nitrogen and oxygen atoms in total. The minimum Gasteiger partial charge on any atom is -0.380 e. The summed E-state index contributed by atoms with van der Waals surface area (Å²) in [5.74, 6) is 0.0916. The Morgan fingerprint density at radius 3 is 2.75 bits per heavy atom. The second kappa shape index (κ2) is 8.62. The van der Waals surface area contributed by atoms with Crippen LogP contribution >= 0.6 is 0 Å². The van der Waals surface area contributed by atoms with Crippen molar-refractivity contribution in [1.29, 1.82) is 0 Å². The molecule has 2 heterocycles. The minimum absolute atomic E-state index is 0.0916. The van der Waals surface area contributed by atoms with Gasteiger partial charge in [0.25, 0.3) is 5.91 Å². The molecule has 6 heteroatoms. The summed E-state index contributed by atoms with van der Waals surface area (Å²) in [5.41, 5.74) is 1.56. The average molecular weight is 336 g/mol. The first kappa shape index (κ1) is 18.9. The number of hydrogen-bond donors (Lipinski definition) is 0. The quantitative estimate of drug-likeness (QED) is 0.716. The summed E-state index contributed by atoms with van der Waals surface area (Å²) in [4.78, 5) is 17.5. The zero-order chi connectivity index (χ0) is 17.7. The van der Waals surface area contributed by atoms with E-state index in [2.05, 4.69) is 30.8 Å². The van der Waals surface area contributed by atoms with Crippen LogP contribution in [0.1, 0.15) is 50.3 Å². The number of carbonyl (C=O) groups is 1. The Hall–Kier alpha value is -1.40. The zero-order valence-electron chi connectivity index (χ0n) is 15.8. The van der Waals surface area contributed by atoms with Crippen molar-refractivity contribution in [1.82, 2.24) is 19.6 Å². The SMILES string of the molecule is CCOCCn1nc(C)cc1C(=O)N1CCN(C(C)C)[C@H](CC)C1. The molecule has 0 saturated carbocycles. The van der Waals surface area contributed by atoms with Crippen LogP contribution in [0.2, 0.25) is 0 Å². The molecule has 0 aliphatic carbocycles. The molecular formula is C18H32N4O2. The van der Waals surface area contributed by atoms with E-state index >= 15 is 0 Å². The maximum atomic E-state index is 13.0. The number of rotatable bonds is 7. The third-order valence-corrected chi connectivity index (χ3v) is 4.72.